The second kappa shape index (κ2) is 4.67. The summed E-state index contributed by atoms with van der Waals surface area (Å²) in [6, 6.07) is 1.56. The van der Waals surface area contributed by atoms with Crippen LogP contribution in [-0.4, -0.2) is 15.9 Å². The summed E-state index contributed by atoms with van der Waals surface area (Å²) in [7, 11) is 0. The molecule has 1 rings (SSSR count). The fourth-order valence-electron chi connectivity index (χ4n) is 0.953. The van der Waals surface area contributed by atoms with Gasteiger partial charge in [0.25, 0.3) is 5.91 Å². The smallest absolute Gasteiger partial charge is 0.276 e. The van der Waals surface area contributed by atoms with E-state index >= 15 is 0 Å². The van der Waals surface area contributed by atoms with Crippen LogP contribution in [0.2, 0.25) is 0 Å². The van der Waals surface area contributed by atoms with Gasteiger partial charge >= 0.3 is 0 Å². The highest BCUT2D eigenvalue weighted by atomic mass is 79.9. The molecule has 0 fully saturated rings. The quantitative estimate of drug-likeness (QED) is 0.630. The molecule has 2 N–H and O–H groups in total. The molecule has 5 nitrogen and oxygen atoms in total. The first kappa shape index (κ1) is 12.1. The Labute approximate surface area is 97.0 Å². The zero-order valence-electron chi connectivity index (χ0n) is 8.84. The van der Waals surface area contributed by atoms with E-state index in [-0.39, 0.29) is 11.3 Å². The summed E-state index contributed by atoms with van der Waals surface area (Å²) in [5, 5.41) is 0. The highest BCUT2D eigenvalue weighted by molar-refractivity contribution is 9.08. The number of carbonyl (C=O) groups excluding carboxylic acids is 1. The first-order valence-corrected chi connectivity index (χ1v) is 5.24. The third kappa shape index (κ3) is 3.24. The van der Waals surface area contributed by atoms with Gasteiger partial charge in [0, 0.05) is 27.8 Å². The molecule has 82 valence electrons. The van der Waals surface area contributed by atoms with E-state index in [1.165, 1.54) is 0 Å². The van der Waals surface area contributed by atoms with Crippen LogP contribution >= 0.6 is 16.1 Å². The Kier molecular flexibility index (Phi) is 3.76. The van der Waals surface area contributed by atoms with Gasteiger partial charge in [-0.15, -0.1) is 0 Å². The number of hydrogen-bond donors (Lipinski definition) is 2. The van der Waals surface area contributed by atoms with Crippen molar-refractivity contribution in [1.29, 1.82) is 0 Å². The normalized spacial score (nSPS) is 11.2. The summed E-state index contributed by atoms with van der Waals surface area (Å²) in [5.41, 5.74) is 2.54. The molecule has 0 spiro atoms. The van der Waals surface area contributed by atoms with Crippen LogP contribution in [0.1, 0.15) is 37.1 Å². The molecule has 1 aromatic rings. The average molecular weight is 273 g/mol. The Morgan fingerprint density at radius 2 is 2.13 bits per heavy atom. The Hall–Kier alpha value is -1.01. The van der Waals surface area contributed by atoms with Gasteiger partial charge in [-0.1, -0.05) is 20.8 Å². The lowest BCUT2D eigenvalue weighted by molar-refractivity contribution is 0.0942. The molecule has 0 saturated heterocycles. The molecule has 0 aliphatic rings. The van der Waals surface area contributed by atoms with Gasteiger partial charge in [-0.05, 0) is 6.07 Å². The highest BCUT2D eigenvalue weighted by Crippen LogP contribution is 2.17. The molecule has 1 amide bonds. The molecule has 0 bridgehead atoms. The molecule has 6 heteroatoms. The SMILES string of the molecule is CC(C)(C)c1nccc(C(=O)NNBr)n1. The minimum atomic E-state index is -0.306. The number of nitrogens with one attached hydrogen (secondary N) is 2. The summed E-state index contributed by atoms with van der Waals surface area (Å²) in [6.45, 7) is 5.98. The number of halogens is 1. The molecule has 0 aromatic carbocycles. The van der Waals surface area contributed by atoms with Crippen LogP contribution in [0.5, 0.6) is 0 Å². The first-order chi connectivity index (χ1) is 6.95. The monoisotopic (exact) mass is 272 g/mol. The highest BCUT2D eigenvalue weighted by Gasteiger charge is 2.18. The number of carbonyl (C=O) groups is 1. The number of rotatable bonds is 2. The molecule has 0 saturated carbocycles. The summed E-state index contributed by atoms with van der Waals surface area (Å²) in [5.74, 6) is 0.337. The fourth-order valence-corrected chi connectivity index (χ4v) is 1.13. The van der Waals surface area contributed by atoms with Gasteiger partial charge in [0.2, 0.25) is 0 Å². The summed E-state index contributed by atoms with van der Waals surface area (Å²) in [4.78, 5) is 19.7. The lowest BCUT2D eigenvalue weighted by atomic mass is 9.95. The molecule has 0 aliphatic heterocycles. The topological polar surface area (TPSA) is 66.9 Å². The number of hydrogen-bond acceptors (Lipinski definition) is 4. The Bertz CT molecular complexity index is 361. The van der Waals surface area contributed by atoms with Crippen molar-refractivity contribution < 1.29 is 4.79 Å². The van der Waals surface area contributed by atoms with Crippen LogP contribution in [0.15, 0.2) is 12.3 Å². The second-order valence-electron chi connectivity index (χ2n) is 4.06. The molecule has 0 aliphatic carbocycles. The maximum atomic E-state index is 11.4. The molecule has 0 atom stereocenters. The predicted octanol–water partition coefficient (Wildman–Crippen LogP) is 1.32. The Morgan fingerprint density at radius 3 is 2.67 bits per heavy atom. The summed E-state index contributed by atoms with van der Waals surface area (Å²) >= 11 is 2.88. The van der Waals surface area contributed by atoms with Crippen LogP contribution in [-0.2, 0) is 5.41 Å². The largest absolute Gasteiger partial charge is 0.284 e. The second-order valence-corrected chi connectivity index (χ2v) is 4.46. The van der Waals surface area contributed by atoms with Gasteiger partial charge < -0.3 is 0 Å². The van der Waals surface area contributed by atoms with E-state index in [0.29, 0.717) is 11.5 Å². The average Bonchev–Trinajstić information content (AvgIpc) is 2.17. The van der Waals surface area contributed by atoms with E-state index < -0.39 is 0 Å². The third-order valence-corrected chi connectivity index (χ3v) is 1.92. The lowest BCUT2D eigenvalue weighted by Crippen LogP contribution is -2.31. The van der Waals surface area contributed by atoms with Gasteiger partial charge in [-0.25, -0.2) is 9.97 Å². The predicted molar refractivity (Wildman–Crippen MR) is 60.3 cm³/mol. The standard InChI is InChI=1S/C9H13BrN4O/c1-9(2,3)8-11-5-4-6(12-8)7(15)13-14-10/h4-5,14H,1-3H3,(H,13,15). The maximum absolute atomic E-state index is 11.4. The van der Waals surface area contributed by atoms with Crippen LogP contribution in [0.4, 0.5) is 0 Å². The van der Waals surface area contributed by atoms with E-state index in [0.717, 1.165) is 0 Å². The van der Waals surface area contributed by atoms with Crippen molar-refractivity contribution in [3.05, 3.63) is 23.8 Å². The maximum Gasteiger partial charge on any atom is 0.284 e. The van der Waals surface area contributed by atoms with Crippen LogP contribution in [0.3, 0.4) is 0 Å². The number of hydrazine groups is 1. The van der Waals surface area contributed by atoms with E-state index in [4.69, 9.17) is 0 Å². The van der Waals surface area contributed by atoms with Crippen LogP contribution < -0.4 is 9.88 Å². The Morgan fingerprint density at radius 1 is 1.47 bits per heavy atom. The van der Waals surface area contributed by atoms with Crippen LogP contribution in [0, 0.1) is 0 Å². The molecule has 0 unspecified atom stereocenters. The number of aromatic nitrogens is 2. The van der Waals surface area contributed by atoms with E-state index in [9.17, 15) is 4.79 Å². The van der Waals surface area contributed by atoms with Crippen molar-refractivity contribution in [1.82, 2.24) is 19.8 Å². The van der Waals surface area contributed by atoms with Crippen molar-refractivity contribution >= 4 is 22.1 Å². The number of nitrogens with zero attached hydrogens (tertiary/aromatic N) is 2. The Balaban J connectivity index is 2.98. The third-order valence-electron chi connectivity index (χ3n) is 1.72. The molecule has 15 heavy (non-hydrogen) atoms. The van der Waals surface area contributed by atoms with Gasteiger partial charge in [-0.2, -0.15) is 4.45 Å². The van der Waals surface area contributed by atoms with Crippen molar-refractivity contribution in [2.45, 2.75) is 26.2 Å². The van der Waals surface area contributed by atoms with E-state index in [1.54, 1.807) is 12.3 Å². The fraction of sp³-hybridized carbons (Fsp3) is 0.444. The minimum Gasteiger partial charge on any atom is -0.276 e. The lowest BCUT2D eigenvalue weighted by Gasteiger charge is -2.16. The number of amides is 1. The van der Waals surface area contributed by atoms with Crippen molar-refractivity contribution in [2.24, 2.45) is 0 Å². The van der Waals surface area contributed by atoms with Gasteiger partial charge in [-0.3, -0.25) is 10.2 Å². The first-order valence-electron chi connectivity index (χ1n) is 4.44. The van der Waals surface area contributed by atoms with E-state index in [2.05, 4.69) is 36.0 Å². The van der Waals surface area contributed by atoms with Crippen molar-refractivity contribution in [2.75, 3.05) is 0 Å². The van der Waals surface area contributed by atoms with Crippen LogP contribution in [0.25, 0.3) is 0 Å². The van der Waals surface area contributed by atoms with Gasteiger partial charge in [0.05, 0.1) is 0 Å². The zero-order valence-corrected chi connectivity index (χ0v) is 10.4. The summed E-state index contributed by atoms with van der Waals surface area (Å²) in [6.07, 6.45) is 1.58. The van der Waals surface area contributed by atoms with E-state index in [1.807, 2.05) is 20.8 Å². The van der Waals surface area contributed by atoms with Crippen molar-refractivity contribution in [3.63, 3.8) is 0 Å². The molecule has 1 heterocycles. The molecular weight excluding hydrogens is 260 g/mol. The van der Waals surface area contributed by atoms with Gasteiger partial charge in [0.15, 0.2) is 0 Å². The van der Waals surface area contributed by atoms with Crippen molar-refractivity contribution in [3.8, 4) is 0 Å². The zero-order chi connectivity index (χ0) is 11.5. The summed E-state index contributed by atoms with van der Waals surface area (Å²) < 4.78 is 2.38. The van der Waals surface area contributed by atoms with Gasteiger partial charge in [0.1, 0.15) is 11.5 Å². The molecule has 0 radical (unpaired) electrons. The molecule has 1 aromatic heterocycles. The molecular formula is C9H13BrN4O. The minimum absolute atomic E-state index is 0.169.